The van der Waals surface area contributed by atoms with E-state index in [9.17, 15) is 0 Å². The largest absolute Gasteiger partial charge is 0.383 e. The van der Waals surface area contributed by atoms with Crippen molar-refractivity contribution < 1.29 is 4.74 Å². The van der Waals surface area contributed by atoms with Gasteiger partial charge in [-0.2, -0.15) is 4.37 Å². The highest BCUT2D eigenvalue weighted by atomic mass is 32.1. The predicted octanol–water partition coefficient (Wildman–Crippen LogP) is 2.19. The van der Waals surface area contributed by atoms with Crippen LogP contribution in [0.5, 0.6) is 0 Å². The molecule has 2 unspecified atom stereocenters. The first-order valence-electron chi connectivity index (χ1n) is 5.89. The van der Waals surface area contributed by atoms with Crippen LogP contribution in [-0.2, 0) is 4.74 Å². The van der Waals surface area contributed by atoms with Gasteiger partial charge >= 0.3 is 0 Å². The zero-order valence-corrected chi connectivity index (χ0v) is 10.2. The van der Waals surface area contributed by atoms with E-state index < -0.39 is 0 Å². The average molecular weight is 239 g/mol. The lowest BCUT2D eigenvalue weighted by Crippen LogP contribution is -2.26. The molecule has 0 amide bonds. The maximum atomic E-state index is 5.92. The van der Waals surface area contributed by atoms with Gasteiger partial charge in [-0.05, 0) is 43.6 Å². The molecule has 4 nitrogen and oxygen atoms in total. The van der Waals surface area contributed by atoms with Crippen LogP contribution >= 0.6 is 11.5 Å². The van der Waals surface area contributed by atoms with Crippen molar-refractivity contribution >= 4 is 22.4 Å². The Hall–Kier alpha value is -0.810. The van der Waals surface area contributed by atoms with Crippen molar-refractivity contribution in [2.75, 3.05) is 17.7 Å². The van der Waals surface area contributed by atoms with Gasteiger partial charge in [-0.15, -0.1) is 0 Å². The second-order valence-electron chi connectivity index (χ2n) is 4.70. The van der Waals surface area contributed by atoms with Crippen molar-refractivity contribution in [2.24, 2.45) is 0 Å². The minimum atomic E-state index is 0.287. The Morgan fingerprint density at radius 3 is 2.88 bits per heavy atom. The number of aromatic nitrogens is 1. The minimum absolute atomic E-state index is 0.287. The molecule has 1 aromatic rings. The molecule has 0 spiro atoms. The molecule has 0 radical (unpaired) electrons. The van der Waals surface area contributed by atoms with Crippen LogP contribution < -0.4 is 11.1 Å². The third kappa shape index (κ3) is 1.78. The summed E-state index contributed by atoms with van der Waals surface area (Å²) < 4.78 is 9.81. The summed E-state index contributed by atoms with van der Waals surface area (Å²) in [5.41, 5.74) is 7.17. The Labute approximate surface area is 99.3 Å². The monoisotopic (exact) mass is 239 g/mol. The number of anilines is 2. The van der Waals surface area contributed by atoms with E-state index in [2.05, 4.69) is 16.6 Å². The van der Waals surface area contributed by atoms with Crippen LogP contribution in [0.15, 0.2) is 0 Å². The molecule has 3 N–H and O–H groups in total. The number of nitrogens with zero attached hydrogens (tertiary/aromatic N) is 1. The Morgan fingerprint density at radius 1 is 1.44 bits per heavy atom. The predicted molar refractivity (Wildman–Crippen MR) is 65.9 cm³/mol. The van der Waals surface area contributed by atoms with Crippen LogP contribution in [0.3, 0.4) is 0 Å². The van der Waals surface area contributed by atoms with E-state index in [1.165, 1.54) is 34.9 Å². The Kier molecular flexibility index (Phi) is 2.52. The van der Waals surface area contributed by atoms with Gasteiger partial charge in [-0.3, -0.25) is 0 Å². The second kappa shape index (κ2) is 3.89. The molecule has 3 rings (SSSR count). The third-order valence-electron chi connectivity index (χ3n) is 3.43. The molecule has 2 fully saturated rings. The standard InChI is InChI=1S/C11H17N3OS/c1-6-8(4-5-15-6)13-11-9(7-2-3-7)10(12)14-16-11/h6-8,13H,2-5H2,1H3,(H2,12,14). The van der Waals surface area contributed by atoms with Crippen molar-refractivity contribution in [1.82, 2.24) is 4.37 Å². The summed E-state index contributed by atoms with van der Waals surface area (Å²) in [5.74, 6) is 1.38. The Morgan fingerprint density at radius 2 is 2.25 bits per heavy atom. The molecule has 2 aliphatic rings. The molecule has 0 bridgehead atoms. The third-order valence-corrected chi connectivity index (χ3v) is 4.24. The van der Waals surface area contributed by atoms with E-state index in [0.29, 0.717) is 12.0 Å². The lowest BCUT2D eigenvalue weighted by Gasteiger charge is -2.16. The zero-order valence-electron chi connectivity index (χ0n) is 9.40. The molecule has 1 aliphatic heterocycles. The SMILES string of the molecule is CC1OCCC1Nc1snc(N)c1C1CC1. The highest BCUT2D eigenvalue weighted by Gasteiger charge is 2.32. The van der Waals surface area contributed by atoms with Gasteiger partial charge in [0.2, 0.25) is 0 Å². The highest BCUT2D eigenvalue weighted by Crippen LogP contribution is 2.48. The maximum Gasteiger partial charge on any atom is 0.142 e. The number of ether oxygens (including phenoxy) is 1. The fraction of sp³-hybridized carbons (Fsp3) is 0.727. The molecular formula is C11H17N3OS. The van der Waals surface area contributed by atoms with Crippen molar-refractivity contribution in [3.8, 4) is 0 Å². The van der Waals surface area contributed by atoms with Gasteiger partial charge in [0.1, 0.15) is 10.8 Å². The molecule has 1 aromatic heterocycles. The molecule has 5 heteroatoms. The summed E-state index contributed by atoms with van der Waals surface area (Å²) >= 11 is 1.49. The fourth-order valence-electron chi connectivity index (χ4n) is 2.27. The molecule has 0 aromatic carbocycles. The molecule has 1 saturated carbocycles. The van der Waals surface area contributed by atoms with Gasteiger partial charge in [-0.25, -0.2) is 0 Å². The summed E-state index contributed by atoms with van der Waals surface area (Å²) in [6, 6.07) is 0.414. The van der Waals surface area contributed by atoms with Gasteiger partial charge in [-0.1, -0.05) is 0 Å². The highest BCUT2D eigenvalue weighted by molar-refractivity contribution is 7.10. The molecule has 1 saturated heterocycles. The zero-order chi connectivity index (χ0) is 11.1. The van der Waals surface area contributed by atoms with Gasteiger partial charge in [0.25, 0.3) is 0 Å². The van der Waals surface area contributed by atoms with Crippen LogP contribution in [0, 0.1) is 0 Å². The molecule has 1 aliphatic carbocycles. The van der Waals surface area contributed by atoms with E-state index >= 15 is 0 Å². The normalized spacial score (nSPS) is 29.6. The minimum Gasteiger partial charge on any atom is -0.383 e. The quantitative estimate of drug-likeness (QED) is 0.849. The first-order valence-corrected chi connectivity index (χ1v) is 6.66. The number of rotatable bonds is 3. The maximum absolute atomic E-state index is 5.92. The molecular weight excluding hydrogens is 222 g/mol. The number of nitrogens with one attached hydrogen (secondary N) is 1. The van der Waals surface area contributed by atoms with Crippen LogP contribution in [0.25, 0.3) is 0 Å². The summed E-state index contributed by atoms with van der Waals surface area (Å²) in [6.07, 6.45) is 3.88. The van der Waals surface area contributed by atoms with E-state index in [1.54, 1.807) is 0 Å². The first-order chi connectivity index (χ1) is 7.75. The molecule has 88 valence electrons. The van der Waals surface area contributed by atoms with E-state index in [1.807, 2.05) is 0 Å². The smallest absolute Gasteiger partial charge is 0.142 e. The van der Waals surface area contributed by atoms with Gasteiger partial charge in [0.15, 0.2) is 0 Å². The van der Waals surface area contributed by atoms with E-state index in [4.69, 9.17) is 10.5 Å². The van der Waals surface area contributed by atoms with Crippen molar-refractivity contribution in [1.29, 1.82) is 0 Å². The summed E-state index contributed by atoms with van der Waals surface area (Å²) in [5, 5.41) is 4.72. The lowest BCUT2D eigenvalue weighted by molar-refractivity contribution is 0.121. The molecule has 16 heavy (non-hydrogen) atoms. The first kappa shape index (κ1) is 10.4. The summed E-state index contributed by atoms with van der Waals surface area (Å²) in [4.78, 5) is 0. The van der Waals surface area contributed by atoms with Gasteiger partial charge in [0.05, 0.1) is 12.1 Å². The number of nitrogen functional groups attached to an aromatic ring is 1. The molecule has 2 heterocycles. The van der Waals surface area contributed by atoms with E-state index in [0.717, 1.165) is 18.8 Å². The van der Waals surface area contributed by atoms with Crippen LogP contribution in [0.1, 0.15) is 37.7 Å². The van der Waals surface area contributed by atoms with Crippen molar-refractivity contribution in [3.63, 3.8) is 0 Å². The van der Waals surface area contributed by atoms with Crippen LogP contribution in [0.4, 0.5) is 10.8 Å². The van der Waals surface area contributed by atoms with Gasteiger partial charge < -0.3 is 15.8 Å². The number of hydrogen-bond donors (Lipinski definition) is 2. The molecule has 2 atom stereocenters. The Balaban J connectivity index is 1.78. The lowest BCUT2D eigenvalue weighted by atomic mass is 10.1. The fourth-order valence-corrected chi connectivity index (χ4v) is 3.13. The van der Waals surface area contributed by atoms with Gasteiger partial charge in [0, 0.05) is 12.2 Å². The topological polar surface area (TPSA) is 60.2 Å². The van der Waals surface area contributed by atoms with Crippen molar-refractivity contribution in [3.05, 3.63) is 5.56 Å². The van der Waals surface area contributed by atoms with Crippen molar-refractivity contribution in [2.45, 2.75) is 44.2 Å². The number of hydrogen-bond acceptors (Lipinski definition) is 5. The van der Waals surface area contributed by atoms with E-state index in [-0.39, 0.29) is 6.10 Å². The number of nitrogens with two attached hydrogens (primary N) is 1. The average Bonchev–Trinajstić information content (AvgIpc) is 2.92. The Bertz CT molecular complexity index is 389. The second-order valence-corrected chi connectivity index (χ2v) is 5.47. The summed E-state index contributed by atoms with van der Waals surface area (Å²) in [7, 11) is 0. The van der Waals surface area contributed by atoms with Crippen LogP contribution in [-0.4, -0.2) is 23.1 Å². The summed E-state index contributed by atoms with van der Waals surface area (Å²) in [6.45, 7) is 2.97. The van der Waals surface area contributed by atoms with Crippen LogP contribution in [0.2, 0.25) is 0 Å².